The van der Waals surface area contributed by atoms with Gasteiger partial charge >= 0.3 is 0 Å². The molecule has 0 aliphatic heterocycles. The Labute approximate surface area is 67.7 Å². The van der Waals surface area contributed by atoms with Crippen LogP contribution in [0.4, 0.5) is 0 Å². The van der Waals surface area contributed by atoms with Gasteiger partial charge in [0.05, 0.1) is 12.7 Å². The van der Waals surface area contributed by atoms with Crippen molar-refractivity contribution < 1.29 is 10.2 Å². The van der Waals surface area contributed by atoms with Crippen molar-refractivity contribution >= 4 is 0 Å². The predicted molar refractivity (Wildman–Crippen MR) is 45.4 cm³/mol. The zero-order valence-electron chi connectivity index (χ0n) is 7.17. The van der Waals surface area contributed by atoms with E-state index in [-0.39, 0.29) is 6.61 Å². The second-order valence-electron chi connectivity index (χ2n) is 2.78. The Hall–Kier alpha value is -0.380. The van der Waals surface area contributed by atoms with Gasteiger partial charge in [-0.25, -0.2) is 0 Å². The van der Waals surface area contributed by atoms with Crippen molar-refractivity contribution in [3.05, 3.63) is 11.6 Å². The molecule has 0 bridgehead atoms. The third-order valence-corrected chi connectivity index (χ3v) is 1.25. The average Bonchev–Trinajstić information content (AvgIpc) is 1.97. The maximum absolute atomic E-state index is 8.89. The van der Waals surface area contributed by atoms with Crippen molar-refractivity contribution in [3.8, 4) is 0 Å². The molecule has 0 spiro atoms. The van der Waals surface area contributed by atoms with E-state index in [0.29, 0.717) is 6.54 Å². The number of allylic oxidation sites excluding steroid dienone is 1. The summed E-state index contributed by atoms with van der Waals surface area (Å²) in [6.45, 7) is 5.05. The standard InChI is InChI=1S/C8H17NO2/c1-7(2)3-4-9-5-8(11)6-10/h3,8-11H,4-6H2,1-2H3/t8-/m0/s1. The number of hydrogen-bond acceptors (Lipinski definition) is 3. The summed E-state index contributed by atoms with van der Waals surface area (Å²) in [4.78, 5) is 0. The van der Waals surface area contributed by atoms with Gasteiger partial charge in [0.15, 0.2) is 0 Å². The van der Waals surface area contributed by atoms with E-state index in [1.54, 1.807) is 0 Å². The first-order valence-electron chi connectivity index (χ1n) is 3.79. The van der Waals surface area contributed by atoms with Crippen molar-refractivity contribution in [2.45, 2.75) is 20.0 Å². The molecule has 3 nitrogen and oxygen atoms in total. The molecule has 0 aliphatic rings. The van der Waals surface area contributed by atoms with Gasteiger partial charge in [-0.2, -0.15) is 0 Å². The van der Waals surface area contributed by atoms with Crippen molar-refractivity contribution in [3.63, 3.8) is 0 Å². The molecular weight excluding hydrogens is 142 g/mol. The summed E-state index contributed by atoms with van der Waals surface area (Å²) in [5.41, 5.74) is 1.25. The summed E-state index contributed by atoms with van der Waals surface area (Å²) in [6.07, 6.45) is 1.39. The first kappa shape index (κ1) is 10.6. The fourth-order valence-electron chi connectivity index (χ4n) is 0.591. The minimum absolute atomic E-state index is 0.179. The Balaban J connectivity index is 3.21. The van der Waals surface area contributed by atoms with Crippen molar-refractivity contribution in [1.29, 1.82) is 0 Å². The van der Waals surface area contributed by atoms with Crippen molar-refractivity contribution in [2.24, 2.45) is 0 Å². The molecule has 0 saturated carbocycles. The number of aliphatic hydroxyl groups is 2. The molecule has 0 unspecified atom stereocenters. The van der Waals surface area contributed by atoms with E-state index in [1.807, 2.05) is 19.9 Å². The molecule has 0 rings (SSSR count). The molecular formula is C8H17NO2. The molecule has 0 fully saturated rings. The summed E-state index contributed by atoms with van der Waals surface area (Å²) in [5, 5.41) is 20.3. The van der Waals surface area contributed by atoms with Crippen LogP contribution in [-0.2, 0) is 0 Å². The van der Waals surface area contributed by atoms with Crippen LogP contribution in [-0.4, -0.2) is 36.0 Å². The first-order chi connectivity index (χ1) is 5.16. The van der Waals surface area contributed by atoms with Crippen LogP contribution in [0.25, 0.3) is 0 Å². The van der Waals surface area contributed by atoms with Gasteiger partial charge in [0.1, 0.15) is 0 Å². The lowest BCUT2D eigenvalue weighted by atomic mass is 10.3. The van der Waals surface area contributed by atoms with E-state index < -0.39 is 6.10 Å². The number of hydrogen-bond donors (Lipinski definition) is 3. The molecule has 0 heterocycles. The Morgan fingerprint density at radius 1 is 1.55 bits per heavy atom. The summed E-state index contributed by atoms with van der Waals surface area (Å²) < 4.78 is 0. The molecule has 0 aromatic heterocycles. The molecule has 0 aromatic rings. The van der Waals surface area contributed by atoms with Gasteiger partial charge in [-0.15, -0.1) is 0 Å². The highest BCUT2D eigenvalue weighted by atomic mass is 16.3. The Morgan fingerprint density at radius 2 is 2.18 bits per heavy atom. The highest BCUT2D eigenvalue weighted by molar-refractivity contribution is 4.94. The second kappa shape index (κ2) is 6.34. The van der Waals surface area contributed by atoms with E-state index in [2.05, 4.69) is 5.32 Å². The van der Waals surface area contributed by atoms with Crippen LogP contribution >= 0.6 is 0 Å². The van der Waals surface area contributed by atoms with E-state index in [0.717, 1.165) is 6.54 Å². The highest BCUT2D eigenvalue weighted by Gasteiger charge is 1.97. The van der Waals surface area contributed by atoms with E-state index in [4.69, 9.17) is 10.2 Å². The monoisotopic (exact) mass is 159 g/mol. The van der Waals surface area contributed by atoms with Crippen LogP contribution in [0.2, 0.25) is 0 Å². The van der Waals surface area contributed by atoms with Crippen LogP contribution in [0.3, 0.4) is 0 Å². The lowest BCUT2D eigenvalue weighted by molar-refractivity contribution is 0.0953. The minimum Gasteiger partial charge on any atom is -0.394 e. The topological polar surface area (TPSA) is 52.5 Å². The second-order valence-corrected chi connectivity index (χ2v) is 2.78. The smallest absolute Gasteiger partial charge is 0.0895 e. The van der Waals surface area contributed by atoms with Gasteiger partial charge < -0.3 is 15.5 Å². The summed E-state index contributed by atoms with van der Waals surface area (Å²) in [6, 6.07) is 0. The predicted octanol–water partition coefficient (Wildman–Crippen LogP) is -0.105. The Bertz CT molecular complexity index is 119. The fourth-order valence-corrected chi connectivity index (χ4v) is 0.591. The average molecular weight is 159 g/mol. The lowest BCUT2D eigenvalue weighted by Crippen LogP contribution is -2.29. The number of aliphatic hydroxyl groups excluding tert-OH is 2. The van der Waals surface area contributed by atoms with E-state index >= 15 is 0 Å². The fraction of sp³-hybridized carbons (Fsp3) is 0.750. The Morgan fingerprint density at radius 3 is 2.64 bits per heavy atom. The normalized spacial score (nSPS) is 12.7. The molecule has 3 N–H and O–H groups in total. The summed E-state index contributed by atoms with van der Waals surface area (Å²) >= 11 is 0. The quantitative estimate of drug-likeness (QED) is 0.388. The van der Waals surface area contributed by atoms with Gasteiger partial charge in [0.25, 0.3) is 0 Å². The zero-order chi connectivity index (χ0) is 8.69. The molecule has 0 aromatic carbocycles. The number of rotatable bonds is 5. The van der Waals surface area contributed by atoms with Crippen LogP contribution in [0.5, 0.6) is 0 Å². The van der Waals surface area contributed by atoms with Gasteiger partial charge in [-0.1, -0.05) is 11.6 Å². The summed E-state index contributed by atoms with van der Waals surface area (Å²) in [5.74, 6) is 0. The Kier molecular flexibility index (Phi) is 6.12. The molecule has 0 amide bonds. The lowest BCUT2D eigenvalue weighted by Gasteiger charge is -2.06. The molecule has 3 heteroatoms. The maximum atomic E-state index is 8.89. The molecule has 0 aliphatic carbocycles. The zero-order valence-corrected chi connectivity index (χ0v) is 7.17. The molecule has 1 atom stereocenters. The molecule has 0 saturated heterocycles. The SMILES string of the molecule is CC(C)=CCNC[C@H](O)CO. The van der Waals surface area contributed by atoms with Crippen molar-refractivity contribution in [1.82, 2.24) is 5.32 Å². The van der Waals surface area contributed by atoms with Gasteiger partial charge in [0, 0.05) is 13.1 Å². The first-order valence-corrected chi connectivity index (χ1v) is 3.79. The van der Waals surface area contributed by atoms with Gasteiger partial charge in [-0.05, 0) is 13.8 Å². The van der Waals surface area contributed by atoms with Crippen LogP contribution in [0.1, 0.15) is 13.8 Å². The third-order valence-electron chi connectivity index (χ3n) is 1.25. The van der Waals surface area contributed by atoms with Crippen LogP contribution in [0.15, 0.2) is 11.6 Å². The van der Waals surface area contributed by atoms with Gasteiger partial charge in [0.2, 0.25) is 0 Å². The van der Waals surface area contributed by atoms with Crippen molar-refractivity contribution in [2.75, 3.05) is 19.7 Å². The van der Waals surface area contributed by atoms with Crippen LogP contribution in [0, 0.1) is 0 Å². The minimum atomic E-state index is -0.638. The van der Waals surface area contributed by atoms with Gasteiger partial charge in [-0.3, -0.25) is 0 Å². The highest BCUT2D eigenvalue weighted by Crippen LogP contribution is 1.85. The molecule has 0 radical (unpaired) electrons. The number of nitrogens with one attached hydrogen (secondary N) is 1. The van der Waals surface area contributed by atoms with E-state index in [1.165, 1.54) is 5.57 Å². The maximum Gasteiger partial charge on any atom is 0.0895 e. The van der Waals surface area contributed by atoms with E-state index in [9.17, 15) is 0 Å². The largest absolute Gasteiger partial charge is 0.394 e. The molecule has 11 heavy (non-hydrogen) atoms. The molecule has 66 valence electrons. The summed E-state index contributed by atoms with van der Waals surface area (Å²) in [7, 11) is 0. The van der Waals surface area contributed by atoms with Crippen LogP contribution < -0.4 is 5.32 Å². The third kappa shape index (κ3) is 7.52.